The van der Waals surface area contributed by atoms with E-state index in [4.69, 9.17) is 10.7 Å². The van der Waals surface area contributed by atoms with Crippen LogP contribution in [0.15, 0.2) is 24.3 Å². The van der Waals surface area contributed by atoms with Crippen molar-refractivity contribution in [1.29, 1.82) is 0 Å². The molecule has 1 fully saturated rings. The van der Waals surface area contributed by atoms with Crippen LogP contribution in [0.3, 0.4) is 0 Å². The summed E-state index contributed by atoms with van der Waals surface area (Å²) in [7, 11) is 1.01. The number of carbonyl (C=O) groups excluding carboxylic acids is 1. The van der Waals surface area contributed by atoms with Crippen LogP contribution in [0.4, 0.5) is 5.69 Å². The quantitative estimate of drug-likeness (QED) is 0.362. The molecule has 7 nitrogen and oxygen atoms in total. The van der Waals surface area contributed by atoms with E-state index in [1.807, 2.05) is 0 Å². The van der Waals surface area contributed by atoms with E-state index in [0.29, 0.717) is 9.87 Å². The molecule has 0 aromatic heterocycles. The Morgan fingerprint density at radius 2 is 1.89 bits per heavy atom. The summed E-state index contributed by atoms with van der Waals surface area (Å²) in [6, 6.07) is 4.63. The van der Waals surface area contributed by atoms with E-state index in [1.54, 1.807) is 0 Å². The van der Waals surface area contributed by atoms with E-state index < -0.39 is 26.1 Å². The lowest BCUT2D eigenvalue weighted by atomic mass is 9.97. The summed E-state index contributed by atoms with van der Waals surface area (Å²) in [5.74, 6) is -0.589. The molecule has 1 aromatic carbocycles. The van der Waals surface area contributed by atoms with Crippen LogP contribution in [-0.4, -0.2) is 23.6 Å². The van der Waals surface area contributed by atoms with Gasteiger partial charge < -0.3 is 0 Å². The van der Waals surface area contributed by atoms with E-state index in [-0.39, 0.29) is 12.1 Å². The van der Waals surface area contributed by atoms with Crippen molar-refractivity contribution in [2.45, 2.75) is 12.5 Å². The number of nitrogens with zero attached hydrogens (tertiary/aromatic N) is 2. The molecule has 1 aliphatic rings. The molecule has 1 atom stereocenters. The number of nitro groups is 1. The highest BCUT2D eigenvalue weighted by Crippen LogP contribution is 2.38. The molecule has 1 saturated heterocycles. The Bertz CT molecular complexity index is 612. The molecule has 2 rings (SSSR count). The summed E-state index contributed by atoms with van der Waals surface area (Å²) in [4.78, 5) is 21.1. The van der Waals surface area contributed by atoms with Gasteiger partial charge in [-0.25, -0.2) is 4.31 Å². The molecule has 1 aliphatic heterocycles. The number of halogens is 1. The fourth-order valence-electron chi connectivity index (χ4n) is 1.74. The van der Waals surface area contributed by atoms with Crippen molar-refractivity contribution < 1.29 is 18.1 Å². The Hall–Kier alpha value is -1.67. The lowest BCUT2D eigenvalue weighted by molar-refractivity contribution is -0.384. The molecule has 0 radical (unpaired) electrons. The molecule has 0 N–H and O–H groups in total. The van der Waals surface area contributed by atoms with Gasteiger partial charge in [-0.15, -0.1) is 0 Å². The first-order valence-electron chi connectivity index (χ1n) is 4.82. The summed E-state index contributed by atoms with van der Waals surface area (Å²) in [6.45, 7) is 0. The largest absolute Gasteiger partial charge is 0.324 e. The number of β-lactam (4-membered cyclic amide) rings is 1. The zero-order chi connectivity index (χ0) is 13.5. The number of amides is 1. The van der Waals surface area contributed by atoms with Crippen molar-refractivity contribution in [3.8, 4) is 0 Å². The van der Waals surface area contributed by atoms with Gasteiger partial charge in [0.1, 0.15) is 0 Å². The van der Waals surface area contributed by atoms with Crippen molar-refractivity contribution in [3.05, 3.63) is 39.9 Å². The molecule has 0 aliphatic carbocycles. The minimum Gasteiger partial charge on any atom is -0.274 e. The van der Waals surface area contributed by atoms with Crippen molar-refractivity contribution in [1.82, 2.24) is 4.31 Å². The second kappa shape index (κ2) is 4.21. The Morgan fingerprint density at radius 3 is 2.28 bits per heavy atom. The van der Waals surface area contributed by atoms with Crippen LogP contribution in [0.25, 0.3) is 0 Å². The molecule has 0 bridgehead atoms. The van der Waals surface area contributed by atoms with Crippen molar-refractivity contribution in [2.24, 2.45) is 0 Å². The summed E-state index contributed by atoms with van der Waals surface area (Å²) in [5.41, 5.74) is 0.383. The maximum Gasteiger partial charge on any atom is 0.324 e. The first-order valence-corrected chi connectivity index (χ1v) is 7.08. The van der Waals surface area contributed by atoms with E-state index in [1.165, 1.54) is 24.3 Å². The maximum absolute atomic E-state index is 11.2. The summed E-state index contributed by atoms with van der Waals surface area (Å²) >= 11 is 0. The standard InChI is InChI=1S/C9H7ClN2O5S/c10-18(16,17)11-8(5-9(11)13)6-1-3-7(4-2-6)12(14)15/h1-4,8H,5H2. The fourth-order valence-corrected chi connectivity index (χ4v) is 3.08. The van der Waals surface area contributed by atoms with Crippen LogP contribution in [0.1, 0.15) is 18.0 Å². The molecule has 1 aromatic rings. The van der Waals surface area contributed by atoms with E-state index in [0.717, 1.165) is 0 Å². The third-order valence-corrected chi connectivity index (χ3v) is 3.99. The summed E-state index contributed by atoms with van der Waals surface area (Å²) in [5, 5.41) is 10.5. The number of non-ortho nitro benzene ring substituents is 1. The number of carbonyl (C=O) groups is 1. The second-order valence-corrected chi connectivity index (χ2v) is 6.09. The topological polar surface area (TPSA) is 97.6 Å². The van der Waals surface area contributed by atoms with E-state index in [9.17, 15) is 23.3 Å². The average molecular weight is 291 g/mol. The Labute approximate surface area is 107 Å². The monoisotopic (exact) mass is 290 g/mol. The van der Waals surface area contributed by atoms with Crippen molar-refractivity contribution in [3.63, 3.8) is 0 Å². The van der Waals surface area contributed by atoms with Gasteiger partial charge in [-0.3, -0.25) is 14.9 Å². The van der Waals surface area contributed by atoms with Gasteiger partial charge >= 0.3 is 9.24 Å². The van der Waals surface area contributed by atoms with Crippen LogP contribution < -0.4 is 0 Å². The van der Waals surface area contributed by atoms with Gasteiger partial charge in [-0.1, -0.05) is 12.1 Å². The van der Waals surface area contributed by atoms with Gasteiger partial charge in [0.25, 0.3) is 5.69 Å². The highest BCUT2D eigenvalue weighted by molar-refractivity contribution is 8.12. The summed E-state index contributed by atoms with van der Waals surface area (Å²) < 4.78 is 22.9. The molecule has 18 heavy (non-hydrogen) atoms. The third-order valence-electron chi connectivity index (χ3n) is 2.62. The van der Waals surface area contributed by atoms with Crippen LogP contribution in [0.2, 0.25) is 0 Å². The fraction of sp³-hybridized carbons (Fsp3) is 0.222. The van der Waals surface area contributed by atoms with Crippen LogP contribution >= 0.6 is 10.7 Å². The molecular weight excluding hydrogens is 284 g/mol. The smallest absolute Gasteiger partial charge is 0.274 e. The van der Waals surface area contributed by atoms with Gasteiger partial charge in [0, 0.05) is 22.8 Å². The first kappa shape index (κ1) is 12.8. The Kier molecular flexibility index (Phi) is 2.99. The lowest BCUT2D eigenvalue weighted by Gasteiger charge is -2.37. The molecule has 1 unspecified atom stereocenters. The highest BCUT2D eigenvalue weighted by Gasteiger charge is 2.44. The predicted molar refractivity (Wildman–Crippen MR) is 62.1 cm³/mol. The zero-order valence-corrected chi connectivity index (χ0v) is 10.4. The SMILES string of the molecule is O=C1CC(c2ccc([N+](=O)[O-])cc2)N1S(=O)(=O)Cl. The minimum absolute atomic E-state index is 0.0176. The van der Waals surface area contributed by atoms with Crippen molar-refractivity contribution >= 4 is 31.5 Å². The van der Waals surface area contributed by atoms with E-state index in [2.05, 4.69) is 0 Å². The molecule has 9 heteroatoms. The van der Waals surface area contributed by atoms with Crippen LogP contribution in [-0.2, 0) is 14.0 Å². The second-order valence-electron chi connectivity index (χ2n) is 3.70. The highest BCUT2D eigenvalue weighted by atomic mass is 35.7. The molecule has 0 saturated carbocycles. The summed E-state index contributed by atoms with van der Waals surface area (Å²) in [6.07, 6.45) is 0.0176. The number of hydrogen-bond acceptors (Lipinski definition) is 5. The number of benzene rings is 1. The Balaban J connectivity index is 2.28. The van der Waals surface area contributed by atoms with Crippen LogP contribution in [0, 0.1) is 10.1 Å². The van der Waals surface area contributed by atoms with Crippen LogP contribution in [0.5, 0.6) is 0 Å². The number of hydrogen-bond donors (Lipinski definition) is 0. The predicted octanol–water partition coefficient (Wildman–Crippen LogP) is 1.35. The average Bonchev–Trinajstić information content (AvgIpc) is 2.23. The number of nitro benzene ring substituents is 1. The molecule has 1 amide bonds. The van der Waals surface area contributed by atoms with Gasteiger partial charge in [-0.05, 0) is 5.56 Å². The molecular formula is C9H7ClN2O5S. The van der Waals surface area contributed by atoms with Gasteiger partial charge in [-0.2, -0.15) is 8.42 Å². The zero-order valence-electron chi connectivity index (χ0n) is 8.82. The van der Waals surface area contributed by atoms with Crippen molar-refractivity contribution in [2.75, 3.05) is 0 Å². The number of rotatable bonds is 3. The third kappa shape index (κ3) is 2.16. The lowest BCUT2D eigenvalue weighted by Crippen LogP contribution is -2.47. The van der Waals surface area contributed by atoms with Gasteiger partial charge in [0.2, 0.25) is 5.91 Å². The first-order chi connectivity index (χ1) is 8.30. The molecule has 1 heterocycles. The Morgan fingerprint density at radius 1 is 1.33 bits per heavy atom. The van der Waals surface area contributed by atoms with Gasteiger partial charge in [0.15, 0.2) is 0 Å². The minimum atomic E-state index is -4.12. The molecule has 96 valence electrons. The van der Waals surface area contributed by atoms with Gasteiger partial charge in [0.05, 0.1) is 17.4 Å². The molecule has 0 spiro atoms. The van der Waals surface area contributed by atoms with E-state index >= 15 is 0 Å². The maximum atomic E-state index is 11.2. The normalized spacial score (nSPS) is 19.5.